The zero-order valence-electron chi connectivity index (χ0n) is 9.40. The Morgan fingerprint density at radius 2 is 1.69 bits per heavy atom. The second-order valence-electron chi connectivity index (χ2n) is 3.66. The van der Waals surface area contributed by atoms with E-state index in [1.807, 2.05) is 43.3 Å². The number of hydrogen-bond acceptors (Lipinski definition) is 2. The fourth-order valence-corrected chi connectivity index (χ4v) is 1.77. The van der Waals surface area contributed by atoms with Gasteiger partial charge in [0.15, 0.2) is 11.5 Å². The van der Waals surface area contributed by atoms with Gasteiger partial charge in [-0.3, -0.25) is 0 Å². The van der Waals surface area contributed by atoms with Gasteiger partial charge in [0.2, 0.25) is 0 Å². The minimum Gasteiger partial charge on any atom is -0.504 e. The van der Waals surface area contributed by atoms with E-state index in [9.17, 15) is 5.11 Å². The van der Waals surface area contributed by atoms with E-state index in [4.69, 9.17) is 4.74 Å². The number of ether oxygens (including phenoxy) is 1. The molecule has 0 aliphatic rings. The van der Waals surface area contributed by atoms with Gasteiger partial charge in [-0.25, -0.2) is 0 Å². The number of aromatic hydroxyl groups is 1. The van der Waals surface area contributed by atoms with Crippen LogP contribution in [0, 0.1) is 6.92 Å². The van der Waals surface area contributed by atoms with E-state index in [-0.39, 0.29) is 5.75 Å². The van der Waals surface area contributed by atoms with Crippen molar-refractivity contribution in [1.82, 2.24) is 0 Å². The van der Waals surface area contributed by atoms with E-state index in [1.54, 1.807) is 13.2 Å². The zero-order valence-corrected chi connectivity index (χ0v) is 9.40. The molecule has 0 fully saturated rings. The van der Waals surface area contributed by atoms with Crippen LogP contribution in [0.25, 0.3) is 11.1 Å². The SMILES string of the molecule is COc1ccc(-c2ccccc2)c(C)c1O. The summed E-state index contributed by atoms with van der Waals surface area (Å²) in [4.78, 5) is 0. The smallest absolute Gasteiger partial charge is 0.161 e. The molecule has 0 spiro atoms. The number of phenolic OH excluding ortho intramolecular Hbond substituents is 1. The molecule has 0 aliphatic carbocycles. The molecule has 2 aromatic carbocycles. The average Bonchev–Trinajstić information content (AvgIpc) is 2.34. The fraction of sp³-hybridized carbons (Fsp3) is 0.143. The molecule has 0 heterocycles. The Morgan fingerprint density at radius 1 is 1.00 bits per heavy atom. The Labute approximate surface area is 95.1 Å². The summed E-state index contributed by atoms with van der Waals surface area (Å²) in [5, 5.41) is 9.91. The van der Waals surface area contributed by atoms with Gasteiger partial charge in [0.1, 0.15) is 0 Å². The molecule has 0 unspecified atom stereocenters. The van der Waals surface area contributed by atoms with Crippen LogP contribution in [-0.4, -0.2) is 12.2 Å². The molecule has 16 heavy (non-hydrogen) atoms. The maximum Gasteiger partial charge on any atom is 0.161 e. The van der Waals surface area contributed by atoms with Crippen LogP contribution in [0.4, 0.5) is 0 Å². The van der Waals surface area contributed by atoms with Gasteiger partial charge in [-0.05, 0) is 24.1 Å². The van der Waals surface area contributed by atoms with Crippen LogP contribution in [-0.2, 0) is 0 Å². The van der Waals surface area contributed by atoms with Crippen molar-refractivity contribution in [2.24, 2.45) is 0 Å². The second-order valence-corrected chi connectivity index (χ2v) is 3.66. The second kappa shape index (κ2) is 4.27. The third-order valence-electron chi connectivity index (χ3n) is 2.70. The average molecular weight is 214 g/mol. The molecule has 0 radical (unpaired) electrons. The first kappa shape index (κ1) is 10.6. The number of rotatable bonds is 2. The first-order valence-corrected chi connectivity index (χ1v) is 5.16. The van der Waals surface area contributed by atoms with Gasteiger partial charge in [0.05, 0.1) is 7.11 Å². The molecule has 2 rings (SSSR count). The highest BCUT2D eigenvalue weighted by molar-refractivity contribution is 5.71. The molecule has 2 nitrogen and oxygen atoms in total. The van der Waals surface area contributed by atoms with E-state index in [2.05, 4.69) is 0 Å². The molecule has 0 amide bonds. The third-order valence-corrected chi connectivity index (χ3v) is 2.70. The molecule has 0 saturated carbocycles. The van der Waals surface area contributed by atoms with Crippen LogP contribution in [0.2, 0.25) is 0 Å². The topological polar surface area (TPSA) is 29.5 Å². The molecular weight excluding hydrogens is 200 g/mol. The van der Waals surface area contributed by atoms with Gasteiger partial charge < -0.3 is 9.84 Å². The summed E-state index contributed by atoms with van der Waals surface area (Å²) in [6, 6.07) is 13.7. The number of benzene rings is 2. The molecule has 0 atom stereocenters. The summed E-state index contributed by atoms with van der Waals surface area (Å²) >= 11 is 0. The lowest BCUT2D eigenvalue weighted by Gasteiger charge is -2.11. The van der Waals surface area contributed by atoms with E-state index >= 15 is 0 Å². The normalized spacial score (nSPS) is 10.1. The minimum atomic E-state index is 0.212. The quantitative estimate of drug-likeness (QED) is 0.830. The molecule has 0 aromatic heterocycles. The van der Waals surface area contributed by atoms with E-state index < -0.39 is 0 Å². The molecule has 2 heteroatoms. The fourth-order valence-electron chi connectivity index (χ4n) is 1.77. The highest BCUT2D eigenvalue weighted by Crippen LogP contribution is 2.36. The van der Waals surface area contributed by atoms with E-state index in [0.29, 0.717) is 5.75 Å². The van der Waals surface area contributed by atoms with Crippen LogP contribution < -0.4 is 4.74 Å². The first-order chi connectivity index (χ1) is 7.74. The van der Waals surface area contributed by atoms with Gasteiger partial charge in [-0.15, -0.1) is 0 Å². The molecule has 2 aromatic rings. The van der Waals surface area contributed by atoms with E-state index in [0.717, 1.165) is 16.7 Å². The Kier molecular flexibility index (Phi) is 2.82. The summed E-state index contributed by atoms with van der Waals surface area (Å²) in [7, 11) is 1.55. The molecule has 0 bridgehead atoms. The van der Waals surface area contributed by atoms with Crippen molar-refractivity contribution in [2.45, 2.75) is 6.92 Å². The van der Waals surface area contributed by atoms with Crippen molar-refractivity contribution < 1.29 is 9.84 Å². The highest BCUT2D eigenvalue weighted by atomic mass is 16.5. The van der Waals surface area contributed by atoms with Gasteiger partial charge in [0, 0.05) is 5.56 Å². The first-order valence-electron chi connectivity index (χ1n) is 5.16. The van der Waals surface area contributed by atoms with Crippen LogP contribution in [0.15, 0.2) is 42.5 Å². The zero-order chi connectivity index (χ0) is 11.5. The predicted octanol–water partition coefficient (Wildman–Crippen LogP) is 3.38. The van der Waals surface area contributed by atoms with Crippen LogP contribution in [0.3, 0.4) is 0 Å². The Balaban J connectivity index is 2.56. The molecule has 0 saturated heterocycles. The van der Waals surface area contributed by atoms with Crippen LogP contribution in [0.1, 0.15) is 5.56 Å². The van der Waals surface area contributed by atoms with Crippen molar-refractivity contribution in [2.75, 3.05) is 7.11 Å². The summed E-state index contributed by atoms with van der Waals surface area (Å²) in [5.74, 6) is 0.723. The lowest BCUT2D eigenvalue weighted by Crippen LogP contribution is -1.89. The van der Waals surface area contributed by atoms with Gasteiger partial charge in [0.25, 0.3) is 0 Å². The molecule has 82 valence electrons. The highest BCUT2D eigenvalue weighted by Gasteiger charge is 2.09. The molecule has 0 aliphatic heterocycles. The Hall–Kier alpha value is -1.96. The summed E-state index contributed by atoms with van der Waals surface area (Å²) in [6.07, 6.45) is 0. The minimum absolute atomic E-state index is 0.212. The summed E-state index contributed by atoms with van der Waals surface area (Å²) < 4.78 is 5.07. The van der Waals surface area contributed by atoms with Crippen molar-refractivity contribution in [3.63, 3.8) is 0 Å². The molecule has 1 N–H and O–H groups in total. The maximum absolute atomic E-state index is 9.91. The largest absolute Gasteiger partial charge is 0.504 e. The van der Waals surface area contributed by atoms with Crippen LogP contribution >= 0.6 is 0 Å². The van der Waals surface area contributed by atoms with Crippen molar-refractivity contribution in [3.8, 4) is 22.6 Å². The van der Waals surface area contributed by atoms with Gasteiger partial charge in [-0.1, -0.05) is 36.4 Å². The number of hydrogen-bond donors (Lipinski definition) is 1. The standard InChI is InChI=1S/C14H14O2/c1-10-12(11-6-4-3-5-7-11)8-9-13(16-2)14(10)15/h3-9,15H,1-2H3. The maximum atomic E-state index is 9.91. The predicted molar refractivity (Wildman–Crippen MR) is 64.8 cm³/mol. The Morgan fingerprint density at radius 3 is 2.31 bits per heavy atom. The molecular formula is C14H14O2. The van der Waals surface area contributed by atoms with Crippen molar-refractivity contribution in [3.05, 3.63) is 48.0 Å². The van der Waals surface area contributed by atoms with Gasteiger partial charge in [-0.2, -0.15) is 0 Å². The lowest BCUT2D eigenvalue weighted by molar-refractivity contribution is 0.372. The third kappa shape index (κ3) is 1.74. The summed E-state index contributed by atoms with van der Waals surface area (Å²) in [6.45, 7) is 1.89. The monoisotopic (exact) mass is 214 g/mol. The number of phenols is 1. The van der Waals surface area contributed by atoms with Gasteiger partial charge >= 0.3 is 0 Å². The summed E-state index contributed by atoms with van der Waals surface area (Å²) in [5.41, 5.74) is 2.96. The van der Waals surface area contributed by atoms with Crippen molar-refractivity contribution in [1.29, 1.82) is 0 Å². The van der Waals surface area contributed by atoms with Crippen LogP contribution in [0.5, 0.6) is 11.5 Å². The van der Waals surface area contributed by atoms with Crippen molar-refractivity contribution >= 4 is 0 Å². The lowest BCUT2D eigenvalue weighted by atomic mass is 9.99. The van der Waals surface area contributed by atoms with E-state index in [1.165, 1.54) is 0 Å². The Bertz CT molecular complexity index is 490. The number of methoxy groups -OCH3 is 1.